The Balaban J connectivity index is 1.61. The van der Waals surface area contributed by atoms with E-state index in [1.54, 1.807) is 6.07 Å². The summed E-state index contributed by atoms with van der Waals surface area (Å²) in [5.41, 5.74) is 2.17. The number of nitrogens with zero attached hydrogens (tertiary/aromatic N) is 1. The normalized spacial score (nSPS) is 15.3. The van der Waals surface area contributed by atoms with Crippen LogP contribution in [0.15, 0.2) is 47.4 Å². The van der Waals surface area contributed by atoms with Gasteiger partial charge in [-0.1, -0.05) is 35.9 Å². The van der Waals surface area contributed by atoms with Gasteiger partial charge in [0.15, 0.2) is 0 Å². The number of hydrogen-bond acceptors (Lipinski definition) is 4. The number of ether oxygens (including phenoxy) is 1. The fourth-order valence-electron chi connectivity index (χ4n) is 3.04. The average molecular weight is 395 g/mol. The lowest BCUT2D eigenvalue weighted by atomic mass is 10.1. The summed E-state index contributed by atoms with van der Waals surface area (Å²) < 4.78 is 32.5. The fraction of sp³-hybridized carbons (Fsp3) is 0.368. The minimum atomic E-state index is -3.63. The molecule has 0 saturated carbocycles. The molecule has 2 aromatic carbocycles. The maximum Gasteiger partial charge on any atom is 0.240 e. The molecule has 0 atom stereocenters. The van der Waals surface area contributed by atoms with E-state index in [9.17, 15) is 8.42 Å². The number of benzene rings is 2. The van der Waals surface area contributed by atoms with Crippen molar-refractivity contribution in [2.45, 2.75) is 30.8 Å². The van der Waals surface area contributed by atoms with E-state index in [1.165, 1.54) is 37.6 Å². The van der Waals surface area contributed by atoms with Gasteiger partial charge in [-0.05, 0) is 55.3 Å². The molecule has 0 radical (unpaired) electrons. The Morgan fingerprint density at radius 3 is 2.35 bits per heavy atom. The Labute approximate surface area is 160 Å². The minimum absolute atomic E-state index is 0.119. The topological polar surface area (TPSA) is 58.6 Å². The van der Waals surface area contributed by atoms with Crippen LogP contribution in [0.2, 0.25) is 5.02 Å². The van der Waals surface area contributed by atoms with Gasteiger partial charge in [-0.15, -0.1) is 0 Å². The van der Waals surface area contributed by atoms with Crippen LogP contribution in [0.3, 0.4) is 0 Å². The van der Waals surface area contributed by atoms with Gasteiger partial charge < -0.3 is 4.74 Å². The lowest BCUT2D eigenvalue weighted by Gasteiger charge is -2.14. The van der Waals surface area contributed by atoms with Gasteiger partial charge in [-0.25, -0.2) is 13.1 Å². The Bertz CT molecular complexity index is 848. The van der Waals surface area contributed by atoms with Gasteiger partial charge in [0, 0.05) is 13.1 Å². The Kier molecular flexibility index (Phi) is 6.19. The number of likely N-dealkylation sites (tertiary alicyclic amines) is 1. The molecule has 26 heavy (non-hydrogen) atoms. The number of rotatable bonds is 7. The van der Waals surface area contributed by atoms with Crippen LogP contribution < -0.4 is 9.46 Å². The van der Waals surface area contributed by atoms with Crippen molar-refractivity contribution in [2.75, 3.05) is 20.2 Å². The van der Waals surface area contributed by atoms with E-state index < -0.39 is 10.0 Å². The van der Waals surface area contributed by atoms with Crippen molar-refractivity contribution in [3.05, 3.63) is 58.6 Å². The first-order valence-corrected chi connectivity index (χ1v) is 10.5. The summed E-state index contributed by atoms with van der Waals surface area (Å²) >= 11 is 6.02. The third-order valence-corrected chi connectivity index (χ3v) is 6.22. The summed E-state index contributed by atoms with van der Waals surface area (Å²) in [6.45, 7) is 3.50. The standard InChI is InChI=1S/C19H23ClN2O3S/c1-25-19-9-8-17(12-18(19)20)26(23,24)21-13-15-4-6-16(7-5-15)14-22-10-2-3-11-22/h4-9,12,21H,2-3,10-11,13-14H2,1H3. The van der Waals surface area contributed by atoms with Crippen LogP contribution in [-0.4, -0.2) is 33.5 Å². The summed E-state index contributed by atoms with van der Waals surface area (Å²) in [4.78, 5) is 2.56. The fourth-order valence-corrected chi connectivity index (χ4v) is 4.40. The molecule has 1 fully saturated rings. The van der Waals surface area contributed by atoms with Crippen LogP contribution in [0.1, 0.15) is 24.0 Å². The Morgan fingerprint density at radius 2 is 1.73 bits per heavy atom. The summed E-state index contributed by atoms with van der Waals surface area (Å²) in [6, 6.07) is 12.5. The second-order valence-electron chi connectivity index (χ2n) is 6.42. The number of methoxy groups -OCH3 is 1. The number of nitrogens with one attached hydrogen (secondary N) is 1. The van der Waals surface area contributed by atoms with Crippen molar-refractivity contribution in [2.24, 2.45) is 0 Å². The molecule has 0 bridgehead atoms. The highest BCUT2D eigenvalue weighted by molar-refractivity contribution is 7.89. The van der Waals surface area contributed by atoms with E-state index in [4.69, 9.17) is 16.3 Å². The second-order valence-corrected chi connectivity index (χ2v) is 8.59. The summed E-state index contributed by atoms with van der Waals surface area (Å²) in [6.07, 6.45) is 2.55. The van der Waals surface area contributed by atoms with Gasteiger partial charge in [-0.3, -0.25) is 4.90 Å². The molecule has 0 aliphatic carbocycles. The largest absolute Gasteiger partial charge is 0.495 e. The molecule has 7 heteroatoms. The molecule has 1 aliphatic rings. The Morgan fingerprint density at radius 1 is 1.08 bits per heavy atom. The zero-order chi connectivity index (χ0) is 18.6. The zero-order valence-corrected chi connectivity index (χ0v) is 16.3. The first-order chi connectivity index (χ1) is 12.5. The van der Waals surface area contributed by atoms with Gasteiger partial charge in [0.1, 0.15) is 5.75 Å². The molecule has 0 spiro atoms. The van der Waals surface area contributed by atoms with Gasteiger partial charge in [-0.2, -0.15) is 0 Å². The molecule has 5 nitrogen and oxygen atoms in total. The van der Waals surface area contributed by atoms with Crippen LogP contribution in [-0.2, 0) is 23.1 Å². The van der Waals surface area contributed by atoms with Crippen molar-refractivity contribution in [3.63, 3.8) is 0 Å². The monoisotopic (exact) mass is 394 g/mol. The number of halogens is 1. The first kappa shape index (κ1) is 19.2. The van der Waals surface area contributed by atoms with Gasteiger partial charge in [0.25, 0.3) is 0 Å². The summed E-state index contributed by atoms with van der Waals surface area (Å²) in [7, 11) is -2.15. The molecule has 0 unspecified atom stereocenters. The highest BCUT2D eigenvalue weighted by Gasteiger charge is 2.16. The lowest BCUT2D eigenvalue weighted by molar-refractivity contribution is 0.331. The molecule has 1 heterocycles. The van der Waals surface area contributed by atoms with Crippen molar-refractivity contribution in [3.8, 4) is 5.75 Å². The highest BCUT2D eigenvalue weighted by atomic mass is 35.5. The third kappa shape index (κ3) is 4.76. The van der Waals surface area contributed by atoms with Crippen molar-refractivity contribution >= 4 is 21.6 Å². The van der Waals surface area contributed by atoms with Gasteiger partial charge >= 0.3 is 0 Å². The summed E-state index contributed by atoms with van der Waals surface area (Å²) in [5.74, 6) is 0.444. The summed E-state index contributed by atoms with van der Waals surface area (Å²) in [5, 5.41) is 0.265. The SMILES string of the molecule is COc1ccc(S(=O)(=O)NCc2ccc(CN3CCCC3)cc2)cc1Cl. The van der Waals surface area contributed by atoms with Gasteiger partial charge in [0.2, 0.25) is 10.0 Å². The van der Waals surface area contributed by atoms with Crippen LogP contribution in [0.5, 0.6) is 5.75 Å². The molecular formula is C19H23ClN2O3S. The lowest BCUT2D eigenvalue weighted by Crippen LogP contribution is -2.23. The zero-order valence-electron chi connectivity index (χ0n) is 14.7. The van der Waals surface area contributed by atoms with Crippen molar-refractivity contribution in [1.82, 2.24) is 9.62 Å². The molecule has 1 aliphatic heterocycles. The molecule has 2 aromatic rings. The second kappa shape index (κ2) is 8.39. The predicted octanol–water partition coefficient (Wildman–Crippen LogP) is 3.42. The minimum Gasteiger partial charge on any atom is -0.495 e. The first-order valence-electron chi connectivity index (χ1n) is 8.61. The van der Waals surface area contributed by atoms with Crippen LogP contribution in [0.4, 0.5) is 0 Å². The van der Waals surface area contributed by atoms with E-state index in [1.807, 2.05) is 12.1 Å². The van der Waals surface area contributed by atoms with E-state index in [2.05, 4.69) is 21.8 Å². The number of hydrogen-bond donors (Lipinski definition) is 1. The average Bonchev–Trinajstić information content (AvgIpc) is 3.14. The van der Waals surface area contributed by atoms with E-state index >= 15 is 0 Å². The van der Waals surface area contributed by atoms with Crippen LogP contribution in [0, 0.1) is 0 Å². The molecule has 1 saturated heterocycles. The van der Waals surface area contributed by atoms with Crippen LogP contribution >= 0.6 is 11.6 Å². The third-order valence-electron chi connectivity index (χ3n) is 4.53. The molecular weight excluding hydrogens is 372 g/mol. The van der Waals surface area contributed by atoms with Crippen molar-refractivity contribution < 1.29 is 13.2 Å². The van der Waals surface area contributed by atoms with Crippen molar-refractivity contribution in [1.29, 1.82) is 0 Å². The van der Waals surface area contributed by atoms with Crippen LogP contribution in [0.25, 0.3) is 0 Å². The van der Waals surface area contributed by atoms with Gasteiger partial charge in [0.05, 0.1) is 17.0 Å². The van der Waals surface area contributed by atoms with E-state index in [-0.39, 0.29) is 16.5 Å². The Hall–Kier alpha value is -1.60. The van der Waals surface area contributed by atoms with E-state index in [0.717, 1.165) is 25.2 Å². The maximum atomic E-state index is 12.4. The highest BCUT2D eigenvalue weighted by Crippen LogP contribution is 2.26. The molecule has 3 rings (SSSR count). The smallest absolute Gasteiger partial charge is 0.240 e. The molecule has 0 aromatic heterocycles. The molecule has 1 N–H and O–H groups in total. The van der Waals surface area contributed by atoms with E-state index in [0.29, 0.717) is 5.75 Å². The predicted molar refractivity (Wildman–Crippen MR) is 103 cm³/mol. The molecule has 0 amide bonds. The maximum absolute atomic E-state index is 12.4. The molecule has 140 valence electrons. The quantitative estimate of drug-likeness (QED) is 0.781. The number of sulfonamides is 1.